The molecule has 3 rings (SSSR count). The third kappa shape index (κ3) is 4.32. The molecule has 1 aliphatic heterocycles. The van der Waals surface area contributed by atoms with E-state index in [0.717, 1.165) is 12.1 Å². The smallest absolute Gasteiger partial charge is 0.416 e. The summed E-state index contributed by atoms with van der Waals surface area (Å²) in [6.07, 6.45) is -3.99. The molecule has 0 atom stereocenters. The maximum atomic E-state index is 12.9. The molecule has 0 spiro atoms. The predicted molar refractivity (Wildman–Crippen MR) is 95.7 cm³/mol. The van der Waals surface area contributed by atoms with Gasteiger partial charge in [-0.15, -0.1) is 0 Å². The molecule has 1 fully saturated rings. The van der Waals surface area contributed by atoms with Gasteiger partial charge in [0, 0.05) is 31.7 Å². The Morgan fingerprint density at radius 3 is 2.48 bits per heavy atom. The molecule has 2 aromatic rings. The van der Waals surface area contributed by atoms with Gasteiger partial charge in [0.15, 0.2) is 0 Å². The first kappa shape index (κ1) is 19.0. The molecular formula is C19H20F3N3O2. The number of carbonyl (C=O) groups is 1. The molecule has 0 aliphatic carbocycles. The minimum absolute atomic E-state index is 0.0367. The number of hydrogen-bond donors (Lipinski definition) is 1. The summed E-state index contributed by atoms with van der Waals surface area (Å²) in [5, 5.41) is 9.08. The van der Waals surface area contributed by atoms with Crippen LogP contribution in [0.3, 0.4) is 0 Å². The molecule has 1 aliphatic rings. The number of rotatable bonds is 3. The van der Waals surface area contributed by atoms with Crippen LogP contribution in [0.25, 0.3) is 11.3 Å². The summed E-state index contributed by atoms with van der Waals surface area (Å²) in [5.41, 5.74) is 0.181. The summed E-state index contributed by atoms with van der Waals surface area (Å²) in [6, 6.07) is 10.4. The van der Waals surface area contributed by atoms with E-state index in [1.54, 1.807) is 25.2 Å². The highest BCUT2D eigenvalue weighted by Gasteiger charge is 2.30. The van der Waals surface area contributed by atoms with E-state index in [2.05, 4.69) is 4.98 Å². The number of amides is 1. The van der Waals surface area contributed by atoms with Crippen LogP contribution in [0.5, 0.6) is 0 Å². The van der Waals surface area contributed by atoms with Gasteiger partial charge in [-0.05, 0) is 37.1 Å². The lowest BCUT2D eigenvalue weighted by Gasteiger charge is -2.36. The first-order chi connectivity index (χ1) is 12.8. The van der Waals surface area contributed by atoms with Crippen LogP contribution < -0.4 is 4.90 Å². The average molecular weight is 379 g/mol. The third-order valence-electron chi connectivity index (χ3n) is 4.86. The number of piperidine rings is 1. The highest BCUT2D eigenvalue weighted by atomic mass is 19.4. The van der Waals surface area contributed by atoms with Gasteiger partial charge < -0.3 is 14.9 Å². The minimum atomic E-state index is -4.40. The second kappa shape index (κ2) is 7.46. The van der Waals surface area contributed by atoms with Gasteiger partial charge in [-0.25, -0.2) is 9.78 Å². The van der Waals surface area contributed by atoms with E-state index in [1.165, 1.54) is 11.0 Å². The highest BCUT2D eigenvalue weighted by Crippen LogP contribution is 2.32. The van der Waals surface area contributed by atoms with Crippen molar-refractivity contribution in [2.24, 2.45) is 0 Å². The standard InChI is InChI=1S/C19H20F3N3O2/c1-24(18(26)27)15-8-10-25(11-9-15)17-7-3-6-16(23-17)13-4-2-5-14(12-13)19(20,21)22/h2-7,12,15H,8-11H2,1H3,(H,26,27). The topological polar surface area (TPSA) is 56.7 Å². The zero-order valence-corrected chi connectivity index (χ0v) is 14.8. The second-order valence-corrected chi connectivity index (χ2v) is 6.57. The Bertz CT molecular complexity index is 818. The lowest BCUT2D eigenvalue weighted by molar-refractivity contribution is -0.137. The van der Waals surface area contributed by atoms with Gasteiger partial charge in [0.1, 0.15) is 5.82 Å². The molecule has 1 amide bonds. The van der Waals surface area contributed by atoms with Crippen molar-refractivity contribution in [2.75, 3.05) is 25.0 Å². The molecular weight excluding hydrogens is 359 g/mol. The Balaban J connectivity index is 1.76. The molecule has 144 valence electrons. The number of nitrogens with zero attached hydrogens (tertiary/aromatic N) is 3. The second-order valence-electron chi connectivity index (χ2n) is 6.57. The normalized spacial score (nSPS) is 15.6. The number of aromatic nitrogens is 1. The molecule has 1 saturated heterocycles. The van der Waals surface area contributed by atoms with Crippen molar-refractivity contribution in [2.45, 2.75) is 25.1 Å². The van der Waals surface area contributed by atoms with Crippen molar-refractivity contribution in [3.8, 4) is 11.3 Å². The molecule has 2 heterocycles. The Morgan fingerprint density at radius 1 is 1.19 bits per heavy atom. The summed E-state index contributed by atoms with van der Waals surface area (Å²) >= 11 is 0. The first-order valence-electron chi connectivity index (χ1n) is 8.61. The maximum absolute atomic E-state index is 12.9. The van der Waals surface area contributed by atoms with Gasteiger partial charge in [-0.3, -0.25) is 0 Å². The fourth-order valence-corrected chi connectivity index (χ4v) is 3.25. The van der Waals surface area contributed by atoms with Crippen molar-refractivity contribution in [1.82, 2.24) is 9.88 Å². The van der Waals surface area contributed by atoms with E-state index < -0.39 is 17.8 Å². The van der Waals surface area contributed by atoms with Crippen LogP contribution in [-0.2, 0) is 6.18 Å². The summed E-state index contributed by atoms with van der Waals surface area (Å²) in [5.74, 6) is 0.682. The molecule has 0 unspecified atom stereocenters. The quantitative estimate of drug-likeness (QED) is 0.862. The fourth-order valence-electron chi connectivity index (χ4n) is 3.25. The van der Waals surface area contributed by atoms with E-state index in [1.807, 2.05) is 11.0 Å². The number of halogens is 3. The van der Waals surface area contributed by atoms with Crippen LogP contribution in [0.4, 0.5) is 23.8 Å². The van der Waals surface area contributed by atoms with Crippen molar-refractivity contribution < 1.29 is 23.1 Å². The Morgan fingerprint density at radius 2 is 1.85 bits per heavy atom. The summed E-state index contributed by atoms with van der Waals surface area (Å²) in [6.45, 7) is 1.28. The number of carboxylic acid groups (broad SMARTS) is 1. The number of hydrogen-bond acceptors (Lipinski definition) is 3. The third-order valence-corrected chi connectivity index (χ3v) is 4.86. The lowest BCUT2D eigenvalue weighted by Crippen LogP contribution is -2.45. The van der Waals surface area contributed by atoms with Crippen LogP contribution >= 0.6 is 0 Å². The molecule has 0 saturated carbocycles. The van der Waals surface area contributed by atoms with Crippen LogP contribution in [0.15, 0.2) is 42.5 Å². The summed E-state index contributed by atoms with van der Waals surface area (Å²) < 4.78 is 38.8. The molecule has 27 heavy (non-hydrogen) atoms. The minimum Gasteiger partial charge on any atom is -0.465 e. The molecule has 8 heteroatoms. The van der Waals surface area contributed by atoms with Gasteiger partial charge in [0.25, 0.3) is 0 Å². The Kier molecular flexibility index (Phi) is 5.25. The molecule has 1 N–H and O–H groups in total. The summed E-state index contributed by atoms with van der Waals surface area (Å²) in [7, 11) is 1.56. The van der Waals surface area contributed by atoms with Gasteiger partial charge in [-0.1, -0.05) is 18.2 Å². The van der Waals surface area contributed by atoms with E-state index >= 15 is 0 Å². The highest BCUT2D eigenvalue weighted by molar-refractivity contribution is 5.65. The lowest BCUT2D eigenvalue weighted by atomic mass is 10.0. The molecule has 5 nitrogen and oxygen atoms in total. The number of alkyl halides is 3. The van der Waals surface area contributed by atoms with Gasteiger partial charge in [-0.2, -0.15) is 13.2 Å². The predicted octanol–water partition coefficient (Wildman–Crippen LogP) is 4.35. The zero-order chi connectivity index (χ0) is 19.6. The van der Waals surface area contributed by atoms with Crippen LogP contribution in [0.2, 0.25) is 0 Å². The van der Waals surface area contributed by atoms with E-state index in [-0.39, 0.29) is 6.04 Å². The van der Waals surface area contributed by atoms with Gasteiger partial charge >= 0.3 is 12.3 Å². The number of anilines is 1. The fraction of sp³-hybridized carbons (Fsp3) is 0.368. The number of benzene rings is 1. The van der Waals surface area contributed by atoms with Crippen LogP contribution in [0.1, 0.15) is 18.4 Å². The Hall–Kier alpha value is -2.77. The van der Waals surface area contributed by atoms with Crippen molar-refractivity contribution in [3.63, 3.8) is 0 Å². The largest absolute Gasteiger partial charge is 0.465 e. The van der Waals surface area contributed by atoms with Crippen molar-refractivity contribution in [3.05, 3.63) is 48.0 Å². The van der Waals surface area contributed by atoms with Crippen LogP contribution in [0, 0.1) is 0 Å². The van der Waals surface area contributed by atoms with Crippen LogP contribution in [-0.4, -0.2) is 47.3 Å². The molecule has 1 aromatic carbocycles. The zero-order valence-electron chi connectivity index (χ0n) is 14.8. The van der Waals surface area contributed by atoms with Crippen molar-refractivity contribution >= 4 is 11.9 Å². The van der Waals surface area contributed by atoms with Crippen molar-refractivity contribution in [1.29, 1.82) is 0 Å². The Labute approximate surface area is 155 Å². The van der Waals surface area contributed by atoms with E-state index in [4.69, 9.17) is 5.11 Å². The SMILES string of the molecule is CN(C(=O)O)C1CCN(c2cccc(-c3cccc(C(F)(F)F)c3)n2)CC1. The number of pyridine rings is 1. The maximum Gasteiger partial charge on any atom is 0.416 e. The summed E-state index contributed by atoms with van der Waals surface area (Å²) in [4.78, 5) is 18.9. The molecule has 0 radical (unpaired) electrons. The van der Waals surface area contributed by atoms with Gasteiger partial charge in [0.2, 0.25) is 0 Å². The average Bonchev–Trinajstić information content (AvgIpc) is 2.67. The first-order valence-corrected chi connectivity index (χ1v) is 8.61. The van der Waals surface area contributed by atoms with Gasteiger partial charge in [0.05, 0.1) is 11.3 Å². The molecule has 0 bridgehead atoms. The monoisotopic (exact) mass is 379 g/mol. The van der Waals surface area contributed by atoms with E-state index in [0.29, 0.717) is 43.0 Å². The van der Waals surface area contributed by atoms with E-state index in [9.17, 15) is 18.0 Å². The molecule has 1 aromatic heterocycles.